The van der Waals surface area contributed by atoms with E-state index >= 15 is 0 Å². The van der Waals surface area contributed by atoms with E-state index in [2.05, 4.69) is 32.7 Å². The molecular weight excluding hydrogens is 467 g/mol. The van der Waals surface area contributed by atoms with E-state index in [4.69, 9.17) is 16.3 Å². The number of benzene rings is 1. The molecular formula is C17H26ClIN6O. The quantitative estimate of drug-likeness (QED) is 0.243. The van der Waals surface area contributed by atoms with Crippen LogP contribution in [-0.4, -0.2) is 47.5 Å². The molecule has 7 nitrogen and oxygen atoms in total. The van der Waals surface area contributed by atoms with Gasteiger partial charge in [0.2, 0.25) is 0 Å². The molecule has 1 aromatic carbocycles. The summed E-state index contributed by atoms with van der Waals surface area (Å²) in [5.74, 6) is 1.73. The van der Waals surface area contributed by atoms with E-state index in [1.165, 1.54) is 0 Å². The Balaban J connectivity index is 0.00000338. The van der Waals surface area contributed by atoms with E-state index in [1.54, 1.807) is 13.4 Å². The number of aromatic nitrogens is 3. The molecule has 1 heterocycles. The Morgan fingerprint density at radius 1 is 1.23 bits per heavy atom. The fourth-order valence-electron chi connectivity index (χ4n) is 2.24. The van der Waals surface area contributed by atoms with Crippen molar-refractivity contribution in [1.29, 1.82) is 0 Å². The fourth-order valence-corrected chi connectivity index (χ4v) is 2.37. The van der Waals surface area contributed by atoms with E-state index in [0.29, 0.717) is 19.7 Å². The molecule has 0 unspecified atom stereocenters. The summed E-state index contributed by atoms with van der Waals surface area (Å²) < 4.78 is 7.12. The lowest BCUT2D eigenvalue weighted by Gasteiger charge is -2.13. The number of halogens is 2. The molecule has 144 valence electrons. The van der Waals surface area contributed by atoms with Gasteiger partial charge in [-0.2, -0.15) is 0 Å². The largest absolute Gasteiger partial charge is 0.383 e. The second kappa shape index (κ2) is 12.9. The molecule has 0 spiro atoms. The highest BCUT2D eigenvalue weighted by atomic mass is 127. The molecule has 0 saturated carbocycles. The van der Waals surface area contributed by atoms with Crippen molar-refractivity contribution >= 4 is 41.5 Å². The molecule has 2 aromatic rings. The maximum Gasteiger partial charge on any atom is 0.191 e. The number of rotatable bonds is 9. The topological polar surface area (TPSA) is 76.4 Å². The standard InChI is InChI=1S/C17H25ClN6O.HI/c1-3-16-23-22-13-24(16)10-8-19-17(20-9-11-25-2)21-12-14-4-6-15(18)7-5-14;/h4-7,13H,3,8-12H2,1-2H3,(H2,19,20,21);1H. The predicted octanol–water partition coefficient (Wildman–Crippen LogP) is 2.49. The van der Waals surface area contributed by atoms with Crippen LogP contribution in [0.2, 0.25) is 5.02 Å². The summed E-state index contributed by atoms with van der Waals surface area (Å²) in [5, 5.41) is 15.4. The highest BCUT2D eigenvalue weighted by Crippen LogP contribution is 2.10. The van der Waals surface area contributed by atoms with Crippen LogP contribution in [-0.2, 0) is 24.2 Å². The molecule has 0 aliphatic rings. The van der Waals surface area contributed by atoms with E-state index < -0.39 is 0 Å². The Morgan fingerprint density at radius 3 is 2.65 bits per heavy atom. The highest BCUT2D eigenvalue weighted by Gasteiger charge is 2.03. The van der Waals surface area contributed by atoms with Crippen molar-refractivity contribution in [2.24, 2.45) is 4.99 Å². The van der Waals surface area contributed by atoms with E-state index in [-0.39, 0.29) is 24.0 Å². The first-order chi connectivity index (χ1) is 12.2. The van der Waals surface area contributed by atoms with Crippen LogP contribution in [0.15, 0.2) is 35.6 Å². The zero-order valence-corrected chi connectivity index (χ0v) is 18.2. The zero-order valence-electron chi connectivity index (χ0n) is 15.1. The van der Waals surface area contributed by atoms with Crippen LogP contribution >= 0.6 is 35.6 Å². The van der Waals surface area contributed by atoms with Gasteiger partial charge < -0.3 is 19.9 Å². The number of hydrogen-bond donors (Lipinski definition) is 2. The second-order valence-electron chi connectivity index (χ2n) is 5.43. The minimum atomic E-state index is 0. The maximum atomic E-state index is 5.91. The van der Waals surface area contributed by atoms with Gasteiger partial charge in [-0.1, -0.05) is 30.7 Å². The van der Waals surface area contributed by atoms with E-state index in [9.17, 15) is 0 Å². The Bertz CT molecular complexity index is 662. The van der Waals surface area contributed by atoms with Crippen LogP contribution in [0.1, 0.15) is 18.3 Å². The molecule has 0 radical (unpaired) electrons. The summed E-state index contributed by atoms with van der Waals surface area (Å²) in [6.45, 7) is 5.46. The molecule has 9 heteroatoms. The SMILES string of the molecule is CCc1nncn1CCNC(=NCc1ccc(Cl)cc1)NCCOC.I. The summed E-state index contributed by atoms with van der Waals surface area (Å²) in [5.41, 5.74) is 1.10. The lowest BCUT2D eigenvalue weighted by molar-refractivity contribution is 0.203. The fraction of sp³-hybridized carbons (Fsp3) is 0.471. The van der Waals surface area contributed by atoms with Gasteiger partial charge in [0.15, 0.2) is 5.96 Å². The molecule has 0 fully saturated rings. The minimum Gasteiger partial charge on any atom is -0.383 e. The molecule has 0 aliphatic carbocycles. The summed E-state index contributed by atoms with van der Waals surface area (Å²) in [4.78, 5) is 4.61. The van der Waals surface area contributed by atoms with Gasteiger partial charge in [0.05, 0.1) is 13.2 Å². The minimum absolute atomic E-state index is 0. The van der Waals surface area contributed by atoms with Crippen LogP contribution in [0.5, 0.6) is 0 Å². The van der Waals surface area contributed by atoms with Crippen molar-refractivity contribution in [2.75, 3.05) is 26.8 Å². The Kier molecular flexibility index (Phi) is 11.2. The van der Waals surface area contributed by atoms with Crippen LogP contribution in [0.3, 0.4) is 0 Å². The first-order valence-corrected chi connectivity index (χ1v) is 8.73. The smallest absolute Gasteiger partial charge is 0.191 e. The third-order valence-corrected chi connectivity index (χ3v) is 3.84. The third-order valence-electron chi connectivity index (χ3n) is 3.59. The molecule has 0 bridgehead atoms. The third kappa shape index (κ3) is 7.88. The molecule has 2 N–H and O–H groups in total. The van der Waals surface area contributed by atoms with Gasteiger partial charge >= 0.3 is 0 Å². The van der Waals surface area contributed by atoms with Gasteiger partial charge in [-0.3, -0.25) is 0 Å². The van der Waals surface area contributed by atoms with E-state index in [1.807, 2.05) is 28.8 Å². The van der Waals surface area contributed by atoms with Gasteiger partial charge in [-0.25, -0.2) is 4.99 Å². The average molecular weight is 493 g/mol. The van der Waals surface area contributed by atoms with Crippen molar-refractivity contribution < 1.29 is 4.74 Å². The molecule has 0 amide bonds. The number of nitrogens with one attached hydrogen (secondary N) is 2. The first-order valence-electron chi connectivity index (χ1n) is 8.35. The number of guanidine groups is 1. The van der Waals surface area contributed by atoms with Gasteiger partial charge in [-0.05, 0) is 17.7 Å². The maximum absolute atomic E-state index is 5.91. The Hall–Kier alpha value is -1.39. The number of aliphatic imine (C=N–C) groups is 1. The summed E-state index contributed by atoms with van der Waals surface area (Å²) in [7, 11) is 1.68. The van der Waals surface area contributed by atoms with Crippen molar-refractivity contribution in [1.82, 2.24) is 25.4 Å². The van der Waals surface area contributed by atoms with Gasteiger partial charge in [0.1, 0.15) is 12.2 Å². The van der Waals surface area contributed by atoms with Crippen molar-refractivity contribution in [3.8, 4) is 0 Å². The van der Waals surface area contributed by atoms with Crippen LogP contribution in [0.25, 0.3) is 0 Å². The van der Waals surface area contributed by atoms with Crippen molar-refractivity contribution in [3.05, 3.63) is 47.0 Å². The molecule has 0 atom stereocenters. The second-order valence-corrected chi connectivity index (χ2v) is 5.87. The lowest BCUT2D eigenvalue weighted by Crippen LogP contribution is -2.40. The van der Waals surface area contributed by atoms with Crippen LogP contribution < -0.4 is 10.6 Å². The number of hydrogen-bond acceptors (Lipinski definition) is 4. The number of methoxy groups -OCH3 is 1. The zero-order chi connectivity index (χ0) is 17.9. The number of nitrogens with zero attached hydrogens (tertiary/aromatic N) is 4. The summed E-state index contributed by atoms with van der Waals surface area (Å²) in [6, 6.07) is 7.69. The Labute approximate surface area is 176 Å². The first kappa shape index (κ1) is 22.7. The van der Waals surface area contributed by atoms with Gasteiger partial charge in [0, 0.05) is 38.2 Å². The lowest BCUT2D eigenvalue weighted by atomic mass is 10.2. The van der Waals surface area contributed by atoms with Crippen molar-refractivity contribution in [3.63, 3.8) is 0 Å². The van der Waals surface area contributed by atoms with Crippen LogP contribution in [0, 0.1) is 0 Å². The molecule has 0 saturated heterocycles. The number of ether oxygens (including phenoxy) is 1. The van der Waals surface area contributed by atoms with Gasteiger partial charge in [0.25, 0.3) is 0 Å². The van der Waals surface area contributed by atoms with Crippen molar-refractivity contribution in [2.45, 2.75) is 26.4 Å². The van der Waals surface area contributed by atoms with E-state index in [0.717, 1.165) is 41.9 Å². The molecule has 2 rings (SSSR count). The molecule has 1 aromatic heterocycles. The predicted molar refractivity (Wildman–Crippen MR) is 115 cm³/mol. The molecule has 0 aliphatic heterocycles. The highest BCUT2D eigenvalue weighted by molar-refractivity contribution is 14.0. The summed E-state index contributed by atoms with van der Waals surface area (Å²) in [6.07, 6.45) is 2.62. The van der Waals surface area contributed by atoms with Crippen LogP contribution in [0.4, 0.5) is 0 Å². The number of aryl methyl sites for hydroxylation is 1. The monoisotopic (exact) mass is 492 g/mol. The summed E-state index contributed by atoms with van der Waals surface area (Å²) >= 11 is 5.91. The normalized spacial score (nSPS) is 11.1. The average Bonchev–Trinajstić information content (AvgIpc) is 3.08. The molecule has 26 heavy (non-hydrogen) atoms. The Morgan fingerprint density at radius 2 is 1.96 bits per heavy atom. The van der Waals surface area contributed by atoms with Gasteiger partial charge in [-0.15, -0.1) is 34.2 Å².